The molecular formula is C8H11N3O2. The van der Waals surface area contributed by atoms with Gasteiger partial charge in [-0.25, -0.2) is 4.79 Å². The van der Waals surface area contributed by atoms with Crippen molar-refractivity contribution in [2.45, 2.75) is 0 Å². The summed E-state index contributed by atoms with van der Waals surface area (Å²) in [5.74, 6) is 0.404. The van der Waals surface area contributed by atoms with E-state index < -0.39 is 0 Å². The molecule has 0 aliphatic carbocycles. The van der Waals surface area contributed by atoms with Gasteiger partial charge in [-0.1, -0.05) is 11.2 Å². The molecule has 1 N–H and O–H groups in total. The van der Waals surface area contributed by atoms with E-state index in [1.54, 1.807) is 19.2 Å². The van der Waals surface area contributed by atoms with Gasteiger partial charge < -0.3 is 9.42 Å². The van der Waals surface area contributed by atoms with Gasteiger partial charge in [0.15, 0.2) is 5.82 Å². The SMILES string of the molecule is C=CCN(C)C(=O)Nc1ccon1. The van der Waals surface area contributed by atoms with E-state index in [-0.39, 0.29) is 6.03 Å². The van der Waals surface area contributed by atoms with Crippen LogP contribution in [0.3, 0.4) is 0 Å². The molecule has 0 unspecified atom stereocenters. The lowest BCUT2D eigenvalue weighted by Crippen LogP contribution is -2.31. The number of nitrogens with zero attached hydrogens (tertiary/aromatic N) is 2. The Morgan fingerprint density at radius 2 is 2.69 bits per heavy atom. The van der Waals surface area contributed by atoms with Crippen LogP contribution in [-0.2, 0) is 0 Å². The smallest absolute Gasteiger partial charge is 0.323 e. The Bertz CT molecular complexity index is 282. The second-order valence-corrected chi connectivity index (χ2v) is 2.48. The van der Waals surface area contributed by atoms with Crippen LogP contribution in [0.5, 0.6) is 0 Å². The van der Waals surface area contributed by atoms with Gasteiger partial charge >= 0.3 is 6.03 Å². The predicted octanol–water partition coefficient (Wildman–Crippen LogP) is 1.32. The minimum absolute atomic E-state index is 0.242. The molecule has 0 spiro atoms. The van der Waals surface area contributed by atoms with E-state index in [2.05, 4.69) is 21.6 Å². The number of hydrogen-bond acceptors (Lipinski definition) is 3. The first kappa shape index (κ1) is 9.31. The van der Waals surface area contributed by atoms with Gasteiger partial charge in [0.2, 0.25) is 0 Å². The van der Waals surface area contributed by atoms with Crippen molar-refractivity contribution in [2.75, 3.05) is 18.9 Å². The molecule has 1 heterocycles. The van der Waals surface area contributed by atoms with E-state index in [4.69, 9.17) is 0 Å². The van der Waals surface area contributed by atoms with E-state index in [9.17, 15) is 4.79 Å². The van der Waals surface area contributed by atoms with Gasteiger partial charge in [0.05, 0.1) is 0 Å². The Labute approximate surface area is 76.0 Å². The highest BCUT2D eigenvalue weighted by molar-refractivity contribution is 5.87. The third-order valence-corrected chi connectivity index (χ3v) is 1.42. The lowest BCUT2D eigenvalue weighted by atomic mass is 10.5. The number of amides is 2. The summed E-state index contributed by atoms with van der Waals surface area (Å²) < 4.78 is 4.55. The molecule has 13 heavy (non-hydrogen) atoms. The number of aromatic nitrogens is 1. The Balaban J connectivity index is 2.45. The zero-order chi connectivity index (χ0) is 9.68. The molecule has 1 rings (SSSR count). The molecule has 1 aromatic heterocycles. The average molecular weight is 181 g/mol. The fraction of sp³-hybridized carbons (Fsp3) is 0.250. The van der Waals surface area contributed by atoms with Crippen molar-refractivity contribution < 1.29 is 9.32 Å². The first-order valence-corrected chi connectivity index (χ1v) is 3.77. The number of nitrogens with one attached hydrogen (secondary N) is 1. The average Bonchev–Trinajstić information content (AvgIpc) is 2.57. The molecule has 2 amide bonds. The molecule has 0 saturated heterocycles. The third-order valence-electron chi connectivity index (χ3n) is 1.42. The van der Waals surface area contributed by atoms with Crippen LogP contribution in [0.2, 0.25) is 0 Å². The van der Waals surface area contributed by atoms with Crippen molar-refractivity contribution in [3.05, 3.63) is 25.0 Å². The summed E-state index contributed by atoms with van der Waals surface area (Å²) in [6, 6.07) is 1.33. The minimum Gasteiger partial charge on any atom is -0.363 e. The molecule has 0 aliphatic heterocycles. The summed E-state index contributed by atoms with van der Waals surface area (Å²) in [6.45, 7) is 4.01. The van der Waals surface area contributed by atoms with Crippen molar-refractivity contribution in [1.82, 2.24) is 10.1 Å². The van der Waals surface area contributed by atoms with Crippen molar-refractivity contribution >= 4 is 11.8 Å². The number of likely N-dealkylation sites (N-methyl/N-ethyl adjacent to an activating group) is 1. The van der Waals surface area contributed by atoms with Crippen LogP contribution in [0.1, 0.15) is 0 Å². The predicted molar refractivity (Wildman–Crippen MR) is 48.3 cm³/mol. The van der Waals surface area contributed by atoms with Gasteiger partial charge in [0, 0.05) is 19.7 Å². The highest BCUT2D eigenvalue weighted by Crippen LogP contribution is 2.01. The van der Waals surface area contributed by atoms with Crippen LogP contribution in [0.25, 0.3) is 0 Å². The number of carbonyl (C=O) groups is 1. The minimum atomic E-state index is -0.242. The topological polar surface area (TPSA) is 58.4 Å². The molecule has 0 aromatic carbocycles. The maximum atomic E-state index is 11.3. The van der Waals surface area contributed by atoms with Crippen molar-refractivity contribution in [3.63, 3.8) is 0 Å². The lowest BCUT2D eigenvalue weighted by molar-refractivity contribution is 0.226. The summed E-state index contributed by atoms with van der Waals surface area (Å²) in [5.41, 5.74) is 0. The number of hydrogen-bond donors (Lipinski definition) is 1. The number of carbonyl (C=O) groups excluding carboxylic acids is 1. The van der Waals surface area contributed by atoms with Gasteiger partial charge in [-0.15, -0.1) is 6.58 Å². The summed E-state index contributed by atoms with van der Waals surface area (Å²) in [4.78, 5) is 12.8. The van der Waals surface area contributed by atoms with E-state index >= 15 is 0 Å². The number of urea groups is 1. The Kier molecular flexibility index (Phi) is 3.08. The molecule has 1 aromatic rings. The van der Waals surface area contributed by atoms with E-state index in [0.717, 1.165) is 0 Å². The highest BCUT2D eigenvalue weighted by Gasteiger charge is 2.07. The quantitative estimate of drug-likeness (QED) is 0.715. The zero-order valence-electron chi connectivity index (χ0n) is 7.36. The third kappa shape index (κ3) is 2.62. The van der Waals surface area contributed by atoms with Crippen LogP contribution in [0.4, 0.5) is 10.6 Å². The van der Waals surface area contributed by atoms with E-state index in [1.807, 2.05) is 0 Å². The zero-order valence-corrected chi connectivity index (χ0v) is 7.36. The second-order valence-electron chi connectivity index (χ2n) is 2.48. The number of anilines is 1. The van der Waals surface area contributed by atoms with Crippen molar-refractivity contribution in [3.8, 4) is 0 Å². The Morgan fingerprint density at radius 3 is 3.23 bits per heavy atom. The lowest BCUT2D eigenvalue weighted by Gasteiger charge is -2.13. The van der Waals surface area contributed by atoms with E-state index in [1.165, 1.54) is 11.2 Å². The Hall–Kier alpha value is -1.78. The van der Waals surface area contributed by atoms with Gasteiger partial charge in [0.1, 0.15) is 6.26 Å². The molecule has 0 bridgehead atoms. The molecular weight excluding hydrogens is 170 g/mol. The molecule has 0 fully saturated rings. The first-order chi connectivity index (χ1) is 6.24. The summed E-state index contributed by atoms with van der Waals surface area (Å²) in [6.07, 6.45) is 3.03. The van der Waals surface area contributed by atoms with Crippen LogP contribution < -0.4 is 5.32 Å². The fourth-order valence-electron chi connectivity index (χ4n) is 0.759. The maximum absolute atomic E-state index is 11.3. The van der Waals surface area contributed by atoms with Crippen molar-refractivity contribution in [1.29, 1.82) is 0 Å². The van der Waals surface area contributed by atoms with Crippen molar-refractivity contribution in [2.24, 2.45) is 0 Å². The Morgan fingerprint density at radius 1 is 1.92 bits per heavy atom. The fourth-order valence-corrected chi connectivity index (χ4v) is 0.759. The number of rotatable bonds is 3. The highest BCUT2D eigenvalue weighted by atomic mass is 16.5. The van der Waals surface area contributed by atoms with Gasteiger partial charge in [0.25, 0.3) is 0 Å². The molecule has 0 atom stereocenters. The second kappa shape index (κ2) is 4.30. The van der Waals surface area contributed by atoms with E-state index in [0.29, 0.717) is 12.4 Å². The van der Waals surface area contributed by atoms with Crippen LogP contribution in [0, 0.1) is 0 Å². The molecule has 0 saturated carbocycles. The normalized spacial score (nSPS) is 9.31. The summed E-state index contributed by atoms with van der Waals surface area (Å²) >= 11 is 0. The molecule has 0 radical (unpaired) electrons. The first-order valence-electron chi connectivity index (χ1n) is 3.77. The summed E-state index contributed by atoms with van der Waals surface area (Å²) in [5, 5.41) is 6.08. The van der Waals surface area contributed by atoms with Crippen LogP contribution >= 0.6 is 0 Å². The van der Waals surface area contributed by atoms with Gasteiger partial charge in [-0.3, -0.25) is 5.32 Å². The standard InChI is InChI=1S/C8H11N3O2/c1-3-5-11(2)8(12)9-7-4-6-13-10-7/h3-4,6H,1,5H2,2H3,(H,9,10,12). The molecule has 5 heteroatoms. The van der Waals surface area contributed by atoms with Gasteiger partial charge in [-0.05, 0) is 0 Å². The maximum Gasteiger partial charge on any atom is 0.323 e. The molecule has 70 valence electrons. The molecule has 0 aliphatic rings. The molecule has 5 nitrogen and oxygen atoms in total. The van der Waals surface area contributed by atoms with Crippen LogP contribution in [-0.4, -0.2) is 29.7 Å². The van der Waals surface area contributed by atoms with Crippen LogP contribution in [0.15, 0.2) is 29.5 Å². The largest absolute Gasteiger partial charge is 0.363 e. The summed E-state index contributed by atoms with van der Waals surface area (Å²) in [7, 11) is 1.66. The monoisotopic (exact) mass is 181 g/mol. The van der Waals surface area contributed by atoms with Gasteiger partial charge in [-0.2, -0.15) is 0 Å².